The number of carbonyl (C=O) groups excluding carboxylic acids is 1. The van der Waals surface area contributed by atoms with E-state index in [4.69, 9.17) is 4.74 Å². The van der Waals surface area contributed by atoms with Crippen molar-refractivity contribution in [1.82, 2.24) is 9.38 Å². The van der Waals surface area contributed by atoms with E-state index in [1.54, 1.807) is 0 Å². The molecule has 4 rings (SSSR count). The zero-order chi connectivity index (χ0) is 17.9. The number of aromatic nitrogens is 2. The van der Waals surface area contributed by atoms with Gasteiger partial charge in [0.25, 0.3) is 5.91 Å². The number of nitrogens with zero attached hydrogens (tertiary/aromatic N) is 3. The summed E-state index contributed by atoms with van der Waals surface area (Å²) in [6, 6.07) is 15.7. The minimum Gasteiger partial charge on any atom is -0.381 e. The maximum absolute atomic E-state index is 13.5. The summed E-state index contributed by atoms with van der Waals surface area (Å²) < 4.78 is 7.48. The molecule has 0 N–H and O–H groups in total. The maximum Gasteiger partial charge on any atom is 0.279 e. The standard InChI is InChI=1S/C20H21N3O2S/c1-26-20-21-18(17-9-5-6-11-22(17)20)19(24)23(13-15-10-12-25-14-15)16-7-3-2-4-8-16/h2-9,11,15H,10,12-14H2,1H3. The molecule has 1 atom stereocenters. The third-order valence-corrected chi connectivity index (χ3v) is 5.33. The van der Waals surface area contributed by atoms with Gasteiger partial charge in [-0.1, -0.05) is 36.0 Å². The number of imidazole rings is 1. The zero-order valence-electron chi connectivity index (χ0n) is 14.7. The van der Waals surface area contributed by atoms with Gasteiger partial charge in [0.05, 0.1) is 12.1 Å². The molecule has 1 unspecified atom stereocenters. The molecule has 1 aliphatic rings. The molecule has 0 bridgehead atoms. The first-order valence-corrected chi connectivity index (χ1v) is 9.96. The summed E-state index contributed by atoms with van der Waals surface area (Å²) in [6.07, 6.45) is 4.90. The van der Waals surface area contributed by atoms with Gasteiger partial charge in [-0.2, -0.15) is 0 Å². The molecule has 0 aliphatic carbocycles. The predicted molar refractivity (Wildman–Crippen MR) is 104 cm³/mol. The number of pyridine rings is 1. The van der Waals surface area contributed by atoms with Crippen molar-refractivity contribution in [2.24, 2.45) is 5.92 Å². The summed E-state index contributed by atoms with van der Waals surface area (Å²) in [7, 11) is 0. The highest BCUT2D eigenvalue weighted by molar-refractivity contribution is 7.98. The first kappa shape index (κ1) is 17.1. The second-order valence-electron chi connectivity index (χ2n) is 6.38. The number of rotatable bonds is 5. The van der Waals surface area contributed by atoms with Crippen LogP contribution in [0.4, 0.5) is 5.69 Å². The number of anilines is 1. The van der Waals surface area contributed by atoms with Gasteiger partial charge in [0.15, 0.2) is 10.9 Å². The highest BCUT2D eigenvalue weighted by Gasteiger charge is 2.27. The zero-order valence-corrected chi connectivity index (χ0v) is 15.5. The van der Waals surface area contributed by atoms with Gasteiger partial charge in [-0.3, -0.25) is 9.20 Å². The van der Waals surface area contributed by atoms with Crippen LogP contribution < -0.4 is 4.90 Å². The Labute approximate surface area is 157 Å². The fourth-order valence-electron chi connectivity index (χ4n) is 3.34. The van der Waals surface area contributed by atoms with Crippen molar-refractivity contribution in [2.75, 3.05) is 30.9 Å². The van der Waals surface area contributed by atoms with Crippen molar-refractivity contribution in [3.8, 4) is 0 Å². The predicted octanol–water partition coefficient (Wildman–Crippen LogP) is 3.74. The van der Waals surface area contributed by atoms with Gasteiger partial charge in [0.2, 0.25) is 0 Å². The summed E-state index contributed by atoms with van der Waals surface area (Å²) in [5.41, 5.74) is 2.23. The topological polar surface area (TPSA) is 46.8 Å². The molecule has 26 heavy (non-hydrogen) atoms. The summed E-state index contributed by atoms with van der Waals surface area (Å²) in [6.45, 7) is 2.12. The van der Waals surface area contributed by atoms with E-state index in [0.29, 0.717) is 24.8 Å². The van der Waals surface area contributed by atoms with E-state index in [2.05, 4.69) is 4.98 Å². The first-order chi connectivity index (χ1) is 12.8. The SMILES string of the molecule is CSc1nc(C(=O)N(CC2CCOC2)c2ccccc2)c2ccccn12. The molecule has 3 heterocycles. The van der Waals surface area contributed by atoms with E-state index in [-0.39, 0.29) is 5.91 Å². The Balaban J connectivity index is 1.74. The number of benzene rings is 1. The van der Waals surface area contributed by atoms with Crippen LogP contribution in [0.5, 0.6) is 0 Å². The summed E-state index contributed by atoms with van der Waals surface area (Å²) in [5, 5.41) is 0.821. The van der Waals surface area contributed by atoms with Gasteiger partial charge in [0.1, 0.15) is 0 Å². The number of ether oxygens (including phenoxy) is 1. The van der Waals surface area contributed by atoms with Crippen molar-refractivity contribution in [3.05, 3.63) is 60.4 Å². The van der Waals surface area contributed by atoms with E-state index in [1.165, 1.54) is 11.8 Å². The van der Waals surface area contributed by atoms with E-state index in [1.807, 2.05) is 70.3 Å². The van der Waals surface area contributed by atoms with Crippen LogP contribution in [0.25, 0.3) is 5.52 Å². The molecule has 0 spiro atoms. The minimum absolute atomic E-state index is 0.0629. The third kappa shape index (κ3) is 3.22. The Morgan fingerprint density at radius 3 is 2.81 bits per heavy atom. The molecule has 1 fully saturated rings. The second kappa shape index (κ2) is 7.51. The van der Waals surface area contributed by atoms with Crippen molar-refractivity contribution in [1.29, 1.82) is 0 Å². The van der Waals surface area contributed by atoms with Crippen molar-refractivity contribution >= 4 is 28.9 Å². The number of thioether (sulfide) groups is 1. The summed E-state index contributed by atoms with van der Waals surface area (Å²) in [4.78, 5) is 20.0. The molecule has 5 nitrogen and oxygen atoms in total. The molecule has 1 saturated heterocycles. The lowest BCUT2D eigenvalue weighted by atomic mass is 10.1. The number of amides is 1. The second-order valence-corrected chi connectivity index (χ2v) is 7.16. The fourth-order valence-corrected chi connectivity index (χ4v) is 3.88. The van der Waals surface area contributed by atoms with Crippen LogP contribution in [0.2, 0.25) is 0 Å². The van der Waals surface area contributed by atoms with Crippen LogP contribution in [-0.4, -0.2) is 41.3 Å². The Bertz CT molecular complexity index is 904. The lowest BCUT2D eigenvalue weighted by Crippen LogP contribution is -2.36. The van der Waals surface area contributed by atoms with Crippen LogP contribution in [0, 0.1) is 5.92 Å². The number of hydrogen-bond donors (Lipinski definition) is 0. The fraction of sp³-hybridized carbons (Fsp3) is 0.300. The molecular formula is C20H21N3O2S. The van der Waals surface area contributed by atoms with Crippen molar-refractivity contribution < 1.29 is 9.53 Å². The van der Waals surface area contributed by atoms with E-state index < -0.39 is 0 Å². The number of fused-ring (bicyclic) bond motifs is 1. The van der Waals surface area contributed by atoms with Crippen LogP contribution in [0.1, 0.15) is 16.9 Å². The van der Waals surface area contributed by atoms with Crippen LogP contribution >= 0.6 is 11.8 Å². The van der Waals surface area contributed by atoms with Crippen LogP contribution in [-0.2, 0) is 4.74 Å². The molecular weight excluding hydrogens is 346 g/mol. The average molecular weight is 367 g/mol. The van der Waals surface area contributed by atoms with Crippen LogP contribution in [0.15, 0.2) is 59.9 Å². The van der Waals surface area contributed by atoms with Gasteiger partial charge < -0.3 is 9.64 Å². The molecule has 6 heteroatoms. The normalized spacial score (nSPS) is 16.9. The van der Waals surface area contributed by atoms with Gasteiger partial charge >= 0.3 is 0 Å². The van der Waals surface area contributed by atoms with E-state index >= 15 is 0 Å². The molecule has 1 amide bonds. The monoisotopic (exact) mass is 367 g/mol. The van der Waals surface area contributed by atoms with Gasteiger partial charge in [-0.05, 0) is 36.9 Å². The van der Waals surface area contributed by atoms with E-state index in [0.717, 1.165) is 29.4 Å². The molecule has 2 aromatic heterocycles. The third-order valence-electron chi connectivity index (χ3n) is 4.68. The Morgan fingerprint density at radius 2 is 2.08 bits per heavy atom. The molecule has 1 aliphatic heterocycles. The Morgan fingerprint density at radius 1 is 1.27 bits per heavy atom. The molecule has 3 aromatic rings. The first-order valence-electron chi connectivity index (χ1n) is 8.73. The average Bonchev–Trinajstić information content (AvgIpc) is 3.34. The lowest BCUT2D eigenvalue weighted by Gasteiger charge is -2.24. The highest BCUT2D eigenvalue weighted by atomic mass is 32.2. The minimum atomic E-state index is -0.0629. The highest BCUT2D eigenvalue weighted by Crippen LogP contribution is 2.25. The Hall–Kier alpha value is -2.31. The summed E-state index contributed by atoms with van der Waals surface area (Å²) in [5.74, 6) is 0.292. The molecule has 0 saturated carbocycles. The summed E-state index contributed by atoms with van der Waals surface area (Å²) >= 11 is 1.54. The molecule has 0 radical (unpaired) electrons. The lowest BCUT2D eigenvalue weighted by molar-refractivity contribution is 0.0978. The largest absolute Gasteiger partial charge is 0.381 e. The number of carbonyl (C=O) groups is 1. The van der Waals surface area contributed by atoms with E-state index in [9.17, 15) is 4.79 Å². The molecule has 134 valence electrons. The van der Waals surface area contributed by atoms with Crippen molar-refractivity contribution in [3.63, 3.8) is 0 Å². The smallest absolute Gasteiger partial charge is 0.279 e. The van der Waals surface area contributed by atoms with Gasteiger partial charge in [-0.15, -0.1) is 0 Å². The van der Waals surface area contributed by atoms with Crippen LogP contribution in [0.3, 0.4) is 0 Å². The quantitative estimate of drug-likeness (QED) is 0.645. The van der Waals surface area contributed by atoms with Crippen molar-refractivity contribution in [2.45, 2.75) is 11.6 Å². The molecule has 1 aromatic carbocycles. The van der Waals surface area contributed by atoms with Gasteiger partial charge in [-0.25, -0.2) is 4.98 Å². The van der Waals surface area contributed by atoms with Gasteiger partial charge in [0, 0.05) is 31.0 Å². The Kier molecular flexibility index (Phi) is 4.95. The maximum atomic E-state index is 13.5. The number of hydrogen-bond acceptors (Lipinski definition) is 4. The number of para-hydroxylation sites is 1.